The largest absolute Gasteiger partial charge is 0.493 e. The van der Waals surface area contributed by atoms with Crippen molar-refractivity contribution in [1.82, 2.24) is 4.57 Å². The molecule has 0 spiro atoms. The lowest BCUT2D eigenvalue weighted by atomic mass is 9.96. The molecule has 1 aliphatic rings. The minimum atomic E-state index is -0.696. The number of halogens is 1. The lowest BCUT2D eigenvalue weighted by Gasteiger charge is -2.24. The Labute approximate surface area is 240 Å². The van der Waals surface area contributed by atoms with Gasteiger partial charge < -0.3 is 14.2 Å². The number of aromatic nitrogens is 1. The van der Waals surface area contributed by atoms with Crippen molar-refractivity contribution in [2.24, 2.45) is 4.99 Å². The molecule has 0 bridgehead atoms. The Morgan fingerprint density at radius 2 is 1.82 bits per heavy atom. The summed E-state index contributed by atoms with van der Waals surface area (Å²) in [6, 6.07) is 21.8. The summed E-state index contributed by atoms with van der Waals surface area (Å²) in [4.78, 5) is 31.9. The maximum Gasteiger partial charge on any atom is 0.338 e. The van der Waals surface area contributed by atoms with E-state index in [1.165, 1.54) is 11.3 Å². The summed E-state index contributed by atoms with van der Waals surface area (Å²) in [7, 11) is 1.58. The number of fused-ring (bicyclic) bond motifs is 1. The van der Waals surface area contributed by atoms with Gasteiger partial charge in [-0.05, 0) is 60.9 Å². The van der Waals surface area contributed by atoms with E-state index in [9.17, 15) is 9.59 Å². The number of benzene rings is 3. The second-order valence-corrected chi connectivity index (χ2v) is 10.5. The first-order valence-electron chi connectivity index (χ1n) is 12.7. The predicted octanol–water partition coefficient (Wildman–Crippen LogP) is 5.04. The highest BCUT2D eigenvalue weighted by molar-refractivity contribution is 7.07. The van der Waals surface area contributed by atoms with E-state index >= 15 is 0 Å². The molecule has 0 saturated heterocycles. The molecule has 0 saturated carbocycles. The van der Waals surface area contributed by atoms with Crippen LogP contribution in [0.25, 0.3) is 6.08 Å². The number of rotatable bonds is 8. The molecular formula is C31H27ClN2O5S. The average Bonchev–Trinajstić information content (AvgIpc) is 3.26. The molecule has 9 heteroatoms. The van der Waals surface area contributed by atoms with Gasteiger partial charge in [-0.3, -0.25) is 9.36 Å². The number of nitrogens with zero attached hydrogens (tertiary/aromatic N) is 2. The van der Waals surface area contributed by atoms with E-state index < -0.39 is 12.0 Å². The molecule has 1 atom stereocenters. The van der Waals surface area contributed by atoms with Crippen molar-refractivity contribution in [2.75, 3.05) is 13.7 Å². The fourth-order valence-corrected chi connectivity index (χ4v) is 5.70. The molecule has 7 nitrogen and oxygen atoms in total. The number of hydrogen-bond donors (Lipinski definition) is 0. The molecule has 0 fully saturated rings. The SMILES string of the molecule is CCOC(=O)C1=C(C)N=c2s/c(=C/c3ccc(OCc4ccccc4)c(OC)c3)c(=O)n2[C@@H]1c1ccc(Cl)cc1. The van der Waals surface area contributed by atoms with Gasteiger partial charge in [0.15, 0.2) is 16.3 Å². The summed E-state index contributed by atoms with van der Waals surface area (Å²) in [5.74, 6) is 0.646. The molecule has 0 radical (unpaired) electrons. The van der Waals surface area contributed by atoms with Gasteiger partial charge in [-0.2, -0.15) is 0 Å². The van der Waals surface area contributed by atoms with E-state index in [2.05, 4.69) is 4.99 Å². The quantitative estimate of drug-likeness (QED) is 0.276. The van der Waals surface area contributed by atoms with Gasteiger partial charge in [0.2, 0.25) is 0 Å². The van der Waals surface area contributed by atoms with Gasteiger partial charge in [0.05, 0.1) is 35.6 Å². The normalized spacial score (nSPS) is 14.9. The van der Waals surface area contributed by atoms with Gasteiger partial charge in [0, 0.05) is 5.02 Å². The Balaban J connectivity index is 1.55. The summed E-state index contributed by atoms with van der Waals surface area (Å²) in [5.41, 5.74) is 3.11. The molecule has 1 aromatic heterocycles. The molecule has 2 heterocycles. The van der Waals surface area contributed by atoms with Gasteiger partial charge in [-0.1, -0.05) is 71.5 Å². The lowest BCUT2D eigenvalue weighted by Crippen LogP contribution is -2.39. The minimum Gasteiger partial charge on any atom is -0.493 e. The van der Waals surface area contributed by atoms with Crippen molar-refractivity contribution in [3.05, 3.63) is 125 Å². The Morgan fingerprint density at radius 3 is 2.52 bits per heavy atom. The van der Waals surface area contributed by atoms with Gasteiger partial charge in [-0.15, -0.1) is 0 Å². The summed E-state index contributed by atoms with van der Waals surface area (Å²) < 4.78 is 18.9. The molecule has 40 heavy (non-hydrogen) atoms. The lowest BCUT2D eigenvalue weighted by molar-refractivity contribution is -0.139. The molecular weight excluding hydrogens is 548 g/mol. The van der Waals surface area contributed by atoms with E-state index in [4.69, 9.17) is 25.8 Å². The standard InChI is InChI=1S/C31H27ClN2O5S/c1-4-38-30(36)27-19(2)33-31-34(28(27)22-11-13-23(32)14-12-22)29(35)26(40-31)17-21-10-15-24(25(16-21)37-3)39-18-20-8-6-5-7-9-20/h5-17,28H,4,18H2,1-3H3/b26-17+/t28-/m1/s1. The maximum atomic E-state index is 13.8. The zero-order chi connectivity index (χ0) is 28.2. The van der Waals surface area contributed by atoms with Crippen LogP contribution in [0.4, 0.5) is 0 Å². The molecule has 5 rings (SSSR count). The first-order valence-corrected chi connectivity index (χ1v) is 13.9. The monoisotopic (exact) mass is 574 g/mol. The fraction of sp³-hybridized carbons (Fsp3) is 0.194. The molecule has 0 amide bonds. The molecule has 4 aromatic rings. The topological polar surface area (TPSA) is 79.1 Å². The van der Waals surface area contributed by atoms with Crippen molar-refractivity contribution in [3.63, 3.8) is 0 Å². The summed E-state index contributed by atoms with van der Waals surface area (Å²) in [6.07, 6.45) is 1.79. The minimum absolute atomic E-state index is 0.209. The fourth-order valence-electron chi connectivity index (χ4n) is 4.53. The van der Waals surface area contributed by atoms with Crippen LogP contribution in [0.1, 0.15) is 36.6 Å². The van der Waals surface area contributed by atoms with E-state index in [1.807, 2.05) is 48.5 Å². The Kier molecular flexibility index (Phi) is 8.19. The highest BCUT2D eigenvalue weighted by atomic mass is 35.5. The Morgan fingerprint density at radius 1 is 1.07 bits per heavy atom. The summed E-state index contributed by atoms with van der Waals surface area (Å²) >= 11 is 7.39. The third kappa shape index (κ3) is 5.59. The van der Waals surface area contributed by atoms with Crippen LogP contribution in [0.15, 0.2) is 93.9 Å². The van der Waals surface area contributed by atoms with E-state index in [1.54, 1.807) is 55.9 Å². The second kappa shape index (κ2) is 11.9. The number of carbonyl (C=O) groups is 1. The summed E-state index contributed by atoms with van der Waals surface area (Å²) in [5, 5.41) is 0.555. The van der Waals surface area contributed by atoms with Gasteiger partial charge in [0.1, 0.15) is 6.61 Å². The number of thiazole rings is 1. The second-order valence-electron chi connectivity index (χ2n) is 9.04. The summed E-state index contributed by atoms with van der Waals surface area (Å²) in [6.45, 7) is 4.11. The molecule has 0 N–H and O–H groups in total. The van der Waals surface area contributed by atoms with Gasteiger partial charge >= 0.3 is 5.97 Å². The van der Waals surface area contributed by atoms with E-state index in [-0.39, 0.29) is 12.2 Å². The van der Waals surface area contributed by atoms with Crippen LogP contribution in [0.3, 0.4) is 0 Å². The van der Waals surface area contributed by atoms with Crippen LogP contribution in [0, 0.1) is 0 Å². The van der Waals surface area contributed by atoms with Crippen LogP contribution < -0.4 is 24.4 Å². The van der Waals surface area contributed by atoms with Crippen molar-refractivity contribution in [2.45, 2.75) is 26.5 Å². The molecule has 3 aromatic carbocycles. The molecule has 204 valence electrons. The number of methoxy groups -OCH3 is 1. The molecule has 0 aliphatic carbocycles. The number of allylic oxidation sites excluding steroid dienone is 1. The molecule has 0 unspecified atom stereocenters. The number of hydrogen-bond acceptors (Lipinski definition) is 7. The smallest absolute Gasteiger partial charge is 0.338 e. The zero-order valence-electron chi connectivity index (χ0n) is 22.2. The van der Waals surface area contributed by atoms with Crippen molar-refractivity contribution >= 4 is 35.0 Å². The highest BCUT2D eigenvalue weighted by Gasteiger charge is 2.33. The van der Waals surface area contributed by atoms with Crippen LogP contribution in [-0.4, -0.2) is 24.3 Å². The van der Waals surface area contributed by atoms with Crippen LogP contribution in [-0.2, 0) is 16.1 Å². The Bertz CT molecular complexity index is 1760. The third-order valence-corrected chi connectivity index (χ3v) is 7.66. The Hall–Kier alpha value is -4.14. The first kappa shape index (κ1) is 27.4. The first-order chi connectivity index (χ1) is 19.4. The van der Waals surface area contributed by atoms with Crippen molar-refractivity contribution in [3.8, 4) is 11.5 Å². The van der Waals surface area contributed by atoms with Gasteiger partial charge in [-0.25, -0.2) is 9.79 Å². The maximum absolute atomic E-state index is 13.8. The van der Waals surface area contributed by atoms with Crippen molar-refractivity contribution in [1.29, 1.82) is 0 Å². The average molecular weight is 575 g/mol. The number of ether oxygens (including phenoxy) is 3. The number of carbonyl (C=O) groups excluding carboxylic acids is 1. The van der Waals surface area contributed by atoms with Crippen LogP contribution >= 0.6 is 22.9 Å². The number of esters is 1. The third-order valence-electron chi connectivity index (χ3n) is 6.43. The van der Waals surface area contributed by atoms with Crippen molar-refractivity contribution < 1.29 is 19.0 Å². The highest BCUT2D eigenvalue weighted by Crippen LogP contribution is 2.32. The molecule has 1 aliphatic heterocycles. The van der Waals surface area contributed by atoms with Gasteiger partial charge in [0.25, 0.3) is 5.56 Å². The van der Waals surface area contributed by atoms with E-state index in [0.29, 0.717) is 43.7 Å². The predicted molar refractivity (Wildman–Crippen MR) is 156 cm³/mol. The zero-order valence-corrected chi connectivity index (χ0v) is 23.8. The van der Waals surface area contributed by atoms with E-state index in [0.717, 1.165) is 16.7 Å². The van der Waals surface area contributed by atoms with Crippen LogP contribution in [0.5, 0.6) is 11.5 Å². The van der Waals surface area contributed by atoms with Crippen LogP contribution in [0.2, 0.25) is 5.02 Å².